The summed E-state index contributed by atoms with van der Waals surface area (Å²) in [4.78, 5) is 19.6. The number of carbonyl (C=O) groups is 1. The fraction of sp³-hybridized carbons (Fsp3) is 0.611. The number of ether oxygens (including phenoxy) is 1. The summed E-state index contributed by atoms with van der Waals surface area (Å²) in [5.74, 6) is 0.407. The Bertz CT molecular complexity index is 571. The molecule has 1 atom stereocenters. The zero-order valence-corrected chi connectivity index (χ0v) is 18.3. The highest BCUT2D eigenvalue weighted by Crippen LogP contribution is 2.28. The van der Waals surface area contributed by atoms with Crippen LogP contribution < -0.4 is 4.90 Å². The summed E-state index contributed by atoms with van der Waals surface area (Å²) in [6.45, 7) is 7.75. The quantitative estimate of drug-likeness (QED) is 0.643. The summed E-state index contributed by atoms with van der Waals surface area (Å²) in [6, 6.07) is 8.01. The first-order chi connectivity index (χ1) is 11.7. The van der Waals surface area contributed by atoms with E-state index in [0.717, 1.165) is 69.0 Å². The second kappa shape index (κ2) is 11.5. The van der Waals surface area contributed by atoms with Crippen LogP contribution in [-0.2, 0) is 9.53 Å². The van der Waals surface area contributed by atoms with Gasteiger partial charge in [-0.05, 0) is 24.6 Å². The lowest BCUT2D eigenvalue weighted by molar-refractivity contribution is -0.121. The molecule has 5 nitrogen and oxygen atoms in total. The summed E-state index contributed by atoms with van der Waals surface area (Å²) in [7, 11) is 1.75. The van der Waals surface area contributed by atoms with Crippen molar-refractivity contribution in [3.05, 3.63) is 28.7 Å². The van der Waals surface area contributed by atoms with Gasteiger partial charge in [0.25, 0.3) is 0 Å². The molecule has 2 aliphatic rings. The predicted molar refractivity (Wildman–Crippen MR) is 114 cm³/mol. The number of rotatable bonds is 6. The van der Waals surface area contributed by atoms with Crippen molar-refractivity contribution >= 4 is 52.3 Å². The summed E-state index contributed by atoms with van der Waals surface area (Å²) in [6.07, 6.45) is 0.954. The molecule has 2 saturated heterocycles. The lowest BCUT2D eigenvalue weighted by Crippen LogP contribution is -2.49. The number of nitrogens with zero attached hydrogens (tertiary/aromatic N) is 3. The fourth-order valence-electron chi connectivity index (χ4n) is 3.54. The largest absolute Gasteiger partial charge is 0.383 e. The molecule has 2 aliphatic heterocycles. The van der Waals surface area contributed by atoms with E-state index in [2.05, 4.69) is 25.7 Å². The lowest BCUT2D eigenvalue weighted by atomic mass is 10.1. The molecule has 2 heterocycles. The normalized spacial score (nSPS) is 21.4. The Hall–Kier alpha value is -0.370. The van der Waals surface area contributed by atoms with Crippen molar-refractivity contribution in [3.8, 4) is 0 Å². The molecule has 1 aromatic rings. The van der Waals surface area contributed by atoms with E-state index in [1.54, 1.807) is 7.11 Å². The van der Waals surface area contributed by atoms with Crippen LogP contribution in [0.25, 0.3) is 0 Å². The van der Waals surface area contributed by atoms with Crippen LogP contribution in [0.2, 0.25) is 0 Å². The van der Waals surface area contributed by atoms with Gasteiger partial charge >= 0.3 is 0 Å². The summed E-state index contributed by atoms with van der Waals surface area (Å²) in [5, 5.41) is 0. The van der Waals surface area contributed by atoms with E-state index in [9.17, 15) is 4.79 Å². The highest BCUT2D eigenvalue weighted by molar-refractivity contribution is 9.10. The zero-order chi connectivity index (χ0) is 16.9. The Labute approximate surface area is 177 Å². The Balaban J connectivity index is 0.00000169. The number of methoxy groups -OCH3 is 1. The van der Waals surface area contributed by atoms with Crippen molar-refractivity contribution in [2.75, 3.05) is 64.4 Å². The van der Waals surface area contributed by atoms with Gasteiger partial charge in [-0.2, -0.15) is 0 Å². The topological polar surface area (TPSA) is 36.0 Å². The molecule has 8 heteroatoms. The number of carbonyl (C=O) groups excluding carboxylic acids is 1. The number of anilines is 1. The molecule has 0 saturated carbocycles. The summed E-state index contributed by atoms with van der Waals surface area (Å²) < 4.78 is 6.16. The maximum atomic E-state index is 12.8. The van der Waals surface area contributed by atoms with Gasteiger partial charge in [-0.25, -0.2) is 0 Å². The first-order valence-electron chi connectivity index (χ1n) is 8.68. The number of piperazine rings is 1. The van der Waals surface area contributed by atoms with Crippen LogP contribution in [-0.4, -0.2) is 75.2 Å². The molecule has 148 valence electrons. The predicted octanol–water partition coefficient (Wildman–Crippen LogP) is 2.91. The summed E-state index contributed by atoms with van der Waals surface area (Å²) in [5.41, 5.74) is 1.00. The molecule has 0 bridgehead atoms. The number of benzene rings is 1. The molecule has 0 aliphatic carbocycles. The molecule has 1 aromatic carbocycles. The van der Waals surface area contributed by atoms with Crippen molar-refractivity contribution in [3.63, 3.8) is 0 Å². The minimum atomic E-state index is 0. The van der Waals surface area contributed by atoms with Gasteiger partial charge in [-0.3, -0.25) is 9.69 Å². The number of hydrogen-bond donors (Lipinski definition) is 0. The average molecular weight is 469 g/mol. The van der Waals surface area contributed by atoms with Crippen molar-refractivity contribution in [1.82, 2.24) is 9.80 Å². The van der Waals surface area contributed by atoms with E-state index in [1.165, 1.54) is 0 Å². The average Bonchev–Trinajstić information content (AvgIpc) is 2.95. The molecule has 2 fully saturated rings. The SMILES string of the molecule is COCCN1CCN(CC2CCN(c3cccc(Br)c3)C2=O)CC1.Cl.Cl. The van der Waals surface area contributed by atoms with E-state index < -0.39 is 0 Å². The minimum Gasteiger partial charge on any atom is -0.383 e. The molecule has 0 aromatic heterocycles. The highest BCUT2D eigenvalue weighted by Gasteiger charge is 2.34. The first kappa shape index (κ1) is 23.7. The van der Waals surface area contributed by atoms with Crippen LogP contribution >= 0.6 is 40.7 Å². The van der Waals surface area contributed by atoms with E-state index in [-0.39, 0.29) is 36.6 Å². The molecular formula is C18H28BrCl2N3O2. The van der Waals surface area contributed by atoms with E-state index in [1.807, 2.05) is 29.2 Å². The number of hydrogen-bond acceptors (Lipinski definition) is 4. The van der Waals surface area contributed by atoms with Crippen LogP contribution in [0.15, 0.2) is 28.7 Å². The van der Waals surface area contributed by atoms with Crippen LogP contribution in [0, 0.1) is 5.92 Å². The van der Waals surface area contributed by atoms with Gasteiger partial charge < -0.3 is 14.5 Å². The van der Waals surface area contributed by atoms with Crippen molar-refractivity contribution in [2.24, 2.45) is 5.92 Å². The van der Waals surface area contributed by atoms with Crippen molar-refractivity contribution in [2.45, 2.75) is 6.42 Å². The smallest absolute Gasteiger partial charge is 0.231 e. The zero-order valence-electron chi connectivity index (χ0n) is 15.1. The van der Waals surface area contributed by atoms with Crippen LogP contribution in [0.5, 0.6) is 0 Å². The third kappa shape index (κ3) is 6.08. The number of amides is 1. The van der Waals surface area contributed by atoms with Gasteiger partial charge in [0.2, 0.25) is 5.91 Å². The maximum absolute atomic E-state index is 12.8. The second-order valence-electron chi connectivity index (χ2n) is 6.59. The molecule has 3 rings (SSSR count). The molecule has 26 heavy (non-hydrogen) atoms. The van der Waals surface area contributed by atoms with Crippen LogP contribution in [0.1, 0.15) is 6.42 Å². The van der Waals surface area contributed by atoms with Crippen LogP contribution in [0.3, 0.4) is 0 Å². The fourth-order valence-corrected chi connectivity index (χ4v) is 3.92. The first-order valence-corrected chi connectivity index (χ1v) is 9.47. The Morgan fingerprint density at radius 2 is 1.81 bits per heavy atom. The Kier molecular flexibility index (Phi) is 10.4. The maximum Gasteiger partial charge on any atom is 0.231 e. The molecule has 0 spiro atoms. The third-order valence-electron chi connectivity index (χ3n) is 4.99. The molecule has 1 amide bonds. The van der Waals surface area contributed by atoms with Gasteiger partial charge in [-0.1, -0.05) is 22.0 Å². The highest BCUT2D eigenvalue weighted by atomic mass is 79.9. The van der Waals surface area contributed by atoms with E-state index >= 15 is 0 Å². The van der Waals surface area contributed by atoms with Gasteiger partial charge in [0.05, 0.1) is 12.5 Å². The van der Waals surface area contributed by atoms with Gasteiger partial charge in [0.1, 0.15) is 0 Å². The van der Waals surface area contributed by atoms with E-state index in [4.69, 9.17) is 4.74 Å². The second-order valence-corrected chi connectivity index (χ2v) is 7.51. The van der Waals surface area contributed by atoms with Crippen LogP contribution in [0.4, 0.5) is 5.69 Å². The van der Waals surface area contributed by atoms with Crippen molar-refractivity contribution < 1.29 is 9.53 Å². The molecule has 1 unspecified atom stereocenters. The van der Waals surface area contributed by atoms with Gasteiger partial charge in [0, 0.05) is 63.1 Å². The number of halogens is 3. The van der Waals surface area contributed by atoms with E-state index in [0.29, 0.717) is 0 Å². The molecule has 0 N–H and O–H groups in total. The minimum absolute atomic E-state index is 0. The standard InChI is InChI=1S/C18H26BrN3O2.2ClH/c1-24-12-11-20-7-9-21(10-8-20)14-15-5-6-22(18(15)23)17-4-2-3-16(19)13-17;;/h2-4,13,15H,5-12,14H2,1H3;2*1H. The van der Waals surface area contributed by atoms with Crippen molar-refractivity contribution in [1.29, 1.82) is 0 Å². The molecular weight excluding hydrogens is 441 g/mol. The Morgan fingerprint density at radius 1 is 1.12 bits per heavy atom. The summed E-state index contributed by atoms with van der Waals surface area (Å²) >= 11 is 3.49. The Morgan fingerprint density at radius 3 is 2.46 bits per heavy atom. The monoisotopic (exact) mass is 467 g/mol. The molecule has 0 radical (unpaired) electrons. The third-order valence-corrected chi connectivity index (χ3v) is 5.48. The van der Waals surface area contributed by atoms with Gasteiger partial charge in [-0.15, -0.1) is 24.8 Å². The van der Waals surface area contributed by atoms with Gasteiger partial charge in [0.15, 0.2) is 0 Å². The lowest BCUT2D eigenvalue weighted by Gasteiger charge is -2.35.